The Bertz CT molecular complexity index is 760. The topological polar surface area (TPSA) is 75.5 Å². The van der Waals surface area contributed by atoms with Gasteiger partial charge in [0.15, 0.2) is 6.54 Å². The molecule has 2 saturated heterocycles. The molecule has 2 aliphatic heterocycles. The van der Waals surface area contributed by atoms with Crippen LogP contribution in [0.5, 0.6) is 0 Å². The lowest BCUT2D eigenvalue weighted by Crippen LogP contribution is -2.43. The molecule has 2 amide bonds. The summed E-state index contributed by atoms with van der Waals surface area (Å²) in [5, 5.41) is 2.53. The van der Waals surface area contributed by atoms with Gasteiger partial charge in [0.1, 0.15) is 12.4 Å². The number of morpholine rings is 1. The predicted molar refractivity (Wildman–Crippen MR) is 93.0 cm³/mol. The van der Waals surface area contributed by atoms with Crippen molar-refractivity contribution in [3.63, 3.8) is 0 Å². The SMILES string of the molecule is C#[N+][C@]1(CNC(C)=O)CN(c2ccc(N3CCOCC3)c(F)c2)C(=O)O1. The largest absolute Gasteiger partial charge is 0.460 e. The van der Waals surface area contributed by atoms with Crippen LogP contribution in [0.2, 0.25) is 0 Å². The van der Waals surface area contributed by atoms with Crippen LogP contribution in [-0.4, -0.2) is 57.1 Å². The zero-order valence-corrected chi connectivity index (χ0v) is 14.4. The number of rotatable bonds is 4. The Kier molecular flexibility index (Phi) is 4.95. The third-order valence-corrected chi connectivity index (χ3v) is 4.35. The van der Waals surface area contributed by atoms with Crippen LogP contribution in [0, 0.1) is 12.4 Å². The molecule has 2 heterocycles. The fourth-order valence-corrected chi connectivity index (χ4v) is 2.95. The molecular formula is C17H20FN4O4+. The van der Waals surface area contributed by atoms with Gasteiger partial charge in [0.05, 0.1) is 24.6 Å². The molecule has 1 atom stereocenters. The summed E-state index contributed by atoms with van der Waals surface area (Å²) in [6, 6.07) is 4.54. The van der Waals surface area contributed by atoms with Crippen molar-refractivity contribution in [2.24, 2.45) is 0 Å². The maximum atomic E-state index is 14.6. The van der Waals surface area contributed by atoms with Crippen molar-refractivity contribution < 1.29 is 23.5 Å². The normalized spacial score (nSPS) is 22.7. The minimum absolute atomic E-state index is 0.0288. The molecule has 0 aliphatic carbocycles. The molecule has 0 spiro atoms. The van der Waals surface area contributed by atoms with E-state index in [9.17, 15) is 14.0 Å². The summed E-state index contributed by atoms with van der Waals surface area (Å²) in [5.74, 6) is -0.746. The molecule has 3 rings (SSSR count). The first-order valence-corrected chi connectivity index (χ1v) is 8.23. The second-order valence-corrected chi connectivity index (χ2v) is 6.17. The van der Waals surface area contributed by atoms with Gasteiger partial charge in [0.25, 0.3) is 6.57 Å². The van der Waals surface area contributed by atoms with Gasteiger partial charge in [-0.3, -0.25) is 9.69 Å². The highest BCUT2D eigenvalue weighted by molar-refractivity contribution is 5.91. The first kappa shape index (κ1) is 17.9. The Morgan fingerprint density at radius 3 is 2.77 bits per heavy atom. The highest BCUT2D eigenvalue weighted by Gasteiger charge is 2.55. The van der Waals surface area contributed by atoms with Crippen molar-refractivity contribution in [1.82, 2.24) is 5.32 Å². The number of anilines is 2. The van der Waals surface area contributed by atoms with Crippen LogP contribution in [0.4, 0.5) is 20.6 Å². The Hall–Kier alpha value is -2.86. The van der Waals surface area contributed by atoms with Crippen molar-refractivity contribution in [2.45, 2.75) is 12.6 Å². The molecule has 8 nitrogen and oxygen atoms in total. The van der Waals surface area contributed by atoms with Crippen LogP contribution in [-0.2, 0) is 14.3 Å². The smallest absolute Gasteiger partial charge is 0.378 e. The number of benzene rings is 1. The summed E-state index contributed by atoms with van der Waals surface area (Å²) in [7, 11) is 0. The van der Waals surface area contributed by atoms with E-state index >= 15 is 0 Å². The average molecular weight is 363 g/mol. The first-order chi connectivity index (χ1) is 12.4. The number of nitrogens with one attached hydrogen (secondary N) is 1. The lowest BCUT2D eigenvalue weighted by Gasteiger charge is -2.29. The van der Waals surface area contributed by atoms with E-state index in [1.165, 1.54) is 17.9 Å². The maximum Gasteiger partial charge on any atom is 0.460 e. The Morgan fingerprint density at radius 1 is 1.42 bits per heavy atom. The van der Waals surface area contributed by atoms with Crippen molar-refractivity contribution in [3.05, 3.63) is 28.9 Å². The van der Waals surface area contributed by atoms with E-state index in [-0.39, 0.29) is 19.0 Å². The fourth-order valence-electron chi connectivity index (χ4n) is 2.95. The van der Waals surface area contributed by atoms with Gasteiger partial charge < -0.3 is 19.7 Å². The molecular weight excluding hydrogens is 343 g/mol. The van der Waals surface area contributed by atoms with Crippen LogP contribution in [0.15, 0.2) is 18.2 Å². The van der Waals surface area contributed by atoms with Crippen LogP contribution >= 0.6 is 0 Å². The van der Waals surface area contributed by atoms with Gasteiger partial charge in [-0.15, -0.1) is 0 Å². The fraction of sp³-hybridized carbons (Fsp3) is 0.471. The molecule has 9 heteroatoms. The second kappa shape index (κ2) is 7.17. The molecule has 0 unspecified atom stereocenters. The molecule has 138 valence electrons. The minimum Gasteiger partial charge on any atom is -0.378 e. The number of hydrogen-bond acceptors (Lipinski definition) is 5. The van der Waals surface area contributed by atoms with E-state index in [0.29, 0.717) is 37.7 Å². The van der Waals surface area contributed by atoms with E-state index in [2.05, 4.69) is 10.2 Å². The lowest BCUT2D eigenvalue weighted by molar-refractivity contribution is -0.119. The van der Waals surface area contributed by atoms with E-state index < -0.39 is 17.6 Å². The number of halogens is 1. The van der Waals surface area contributed by atoms with E-state index in [4.69, 9.17) is 16.0 Å². The predicted octanol–water partition coefficient (Wildman–Crippen LogP) is 1.41. The summed E-state index contributed by atoms with van der Waals surface area (Å²) < 4.78 is 25.1. The van der Waals surface area contributed by atoms with Crippen LogP contribution in [0.1, 0.15) is 6.92 Å². The average Bonchev–Trinajstić information content (AvgIpc) is 2.98. The van der Waals surface area contributed by atoms with Crippen molar-refractivity contribution in [3.8, 4) is 6.57 Å². The zero-order chi connectivity index (χ0) is 18.7. The molecule has 0 saturated carbocycles. The summed E-state index contributed by atoms with van der Waals surface area (Å²) in [6.45, 7) is 8.93. The second-order valence-electron chi connectivity index (χ2n) is 6.17. The van der Waals surface area contributed by atoms with Gasteiger partial charge in [-0.1, -0.05) is 0 Å². The maximum absolute atomic E-state index is 14.6. The molecule has 2 fully saturated rings. The first-order valence-electron chi connectivity index (χ1n) is 8.23. The molecule has 0 aromatic heterocycles. The molecule has 1 aromatic rings. The van der Waals surface area contributed by atoms with Gasteiger partial charge in [-0.2, -0.15) is 0 Å². The Morgan fingerprint density at radius 2 is 2.15 bits per heavy atom. The van der Waals surface area contributed by atoms with Crippen LogP contribution in [0.25, 0.3) is 4.85 Å². The van der Waals surface area contributed by atoms with Gasteiger partial charge in [-0.05, 0) is 23.0 Å². The number of carbonyl (C=O) groups excluding carboxylic acids is 2. The van der Waals surface area contributed by atoms with Gasteiger partial charge >= 0.3 is 11.8 Å². The van der Waals surface area contributed by atoms with Gasteiger partial charge in [-0.25, -0.2) is 9.18 Å². The van der Waals surface area contributed by atoms with Gasteiger partial charge in [0.2, 0.25) is 5.91 Å². The van der Waals surface area contributed by atoms with Crippen molar-refractivity contribution in [2.75, 3.05) is 49.2 Å². The highest BCUT2D eigenvalue weighted by atomic mass is 19.1. The summed E-state index contributed by atoms with van der Waals surface area (Å²) in [4.78, 5) is 30.1. The van der Waals surface area contributed by atoms with Crippen molar-refractivity contribution in [1.29, 1.82) is 0 Å². The molecule has 2 aliphatic rings. The lowest BCUT2D eigenvalue weighted by atomic mass is 10.2. The number of nitrogens with zero attached hydrogens (tertiary/aromatic N) is 3. The van der Waals surface area contributed by atoms with Crippen LogP contribution in [0.3, 0.4) is 0 Å². The monoisotopic (exact) mass is 363 g/mol. The summed E-state index contributed by atoms with van der Waals surface area (Å²) >= 11 is 0. The molecule has 0 bridgehead atoms. The number of cyclic esters (lactones) is 1. The molecule has 1 N–H and O–H groups in total. The Balaban J connectivity index is 1.78. The highest BCUT2D eigenvalue weighted by Crippen LogP contribution is 2.32. The Labute approximate surface area is 150 Å². The molecule has 0 radical (unpaired) electrons. The minimum atomic E-state index is -1.40. The molecule has 26 heavy (non-hydrogen) atoms. The van der Waals surface area contributed by atoms with Crippen molar-refractivity contribution >= 4 is 23.4 Å². The third kappa shape index (κ3) is 3.55. The quantitative estimate of drug-likeness (QED) is 0.876. The number of hydrogen-bond donors (Lipinski definition) is 1. The van der Waals surface area contributed by atoms with E-state index in [1.807, 2.05) is 4.90 Å². The van der Waals surface area contributed by atoms with E-state index in [0.717, 1.165) is 0 Å². The van der Waals surface area contributed by atoms with Gasteiger partial charge in [0, 0.05) is 20.0 Å². The third-order valence-electron chi connectivity index (χ3n) is 4.35. The summed E-state index contributed by atoms with van der Waals surface area (Å²) in [6.07, 6.45) is -0.705. The molecule has 1 aromatic carbocycles. The number of amides is 2. The van der Waals surface area contributed by atoms with E-state index in [1.54, 1.807) is 12.1 Å². The standard InChI is InChI=1S/C17H19FN4O4/c1-12(23)20-10-17(19-2)11-22(16(24)26-17)13-3-4-15(14(18)9-13)21-5-7-25-8-6-21/h2-4,9H,5-8,10-11H2,1H3/p+1/t17-/m0/s1. The number of carbonyl (C=O) groups is 2. The number of ether oxygens (including phenoxy) is 2. The van der Waals surface area contributed by atoms with Crippen LogP contribution < -0.4 is 15.1 Å². The summed E-state index contributed by atoms with van der Waals surface area (Å²) in [5.41, 5.74) is -0.613. The zero-order valence-electron chi connectivity index (χ0n) is 14.4.